The molecule has 31 heavy (non-hydrogen) atoms. The van der Waals surface area contributed by atoms with Gasteiger partial charge in [-0.05, 0) is 36.5 Å². The summed E-state index contributed by atoms with van der Waals surface area (Å²) in [5.74, 6) is 0.153. The number of methoxy groups -OCH3 is 1. The van der Waals surface area contributed by atoms with E-state index in [1.807, 2.05) is 12.1 Å². The van der Waals surface area contributed by atoms with Crippen molar-refractivity contribution >= 4 is 29.3 Å². The molecule has 0 N–H and O–H groups in total. The van der Waals surface area contributed by atoms with E-state index in [1.165, 1.54) is 4.90 Å². The lowest BCUT2D eigenvalue weighted by Gasteiger charge is -2.35. The van der Waals surface area contributed by atoms with E-state index >= 15 is 0 Å². The third-order valence-corrected chi connectivity index (χ3v) is 7.45. The fourth-order valence-electron chi connectivity index (χ4n) is 5.62. The summed E-state index contributed by atoms with van der Waals surface area (Å²) in [6, 6.07) is 5.57. The molecule has 3 fully saturated rings. The quantitative estimate of drug-likeness (QED) is 0.512. The second-order valence-corrected chi connectivity index (χ2v) is 9.31. The molecule has 1 aromatic rings. The molecule has 4 unspecified atom stereocenters. The minimum Gasteiger partial charge on any atom is -0.496 e. The first kappa shape index (κ1) is 20.5. The van der Waals surface area contributed by atoms with Gasteiger partial charge in [-0.2, -0.15) is 0 Å². The third-order valence-electron chi connectivity index (χ3n) is 7.22. The molecule has 5 rings (SSSR count). The molecular weight excluding hydrogens is 418 g/mol. The van der Waals surface area contributed by atoms with E-state index in [0.29, 0.717) is 37.7 Å². The highest BCUT2D eigenvalue weighted by atomic mass is 35.5. The van der Waals surface area contributed by atoms with Crippen LogP contribution in [0, 0.1) is 23.7 Å². The molecule has 7 nitrogen and oxygen atoms in total. The Labute approximate surface area is 186 Å². The highest BCUT2D eigenvalue weighted by molar-refractivity contribution is 6.30. The molecule has 0 radical (unpaired) electrons. The van der Waals surface area contributed by atoms with E-state index in [-0.39, 0.29) is 47.9 Å². The van der Waals surface area contributed by atoms with Crippen LogP contribution in [0.4, 0.5) is 0 Å². The lowest BCUT2D eigenvalue weighted by atomic mass is 9.85. The van der Waals surface area contributed by atoms with Crippen molar-refractivity contribution in [2.24, 2.45) is 23.7 Å². The number of piperazine rings is 1. The molecule has 1 aromatic carbocycles. The van der Waals surface area contributed by atoms with Gasteiger partial charge in [0.1, 0.15) is 12.3 Å². The van der Waals surface area contributed by atoms with Crippen LogP contribution in [-0.4, -0.2) is 72.3 Å². The fourth-order valence-corrected chi connectivity index (χ4v) is 5.82. The van der Waals surface area contributed by atoms with E-state index in [4.69, 9.17) is 16.3 Å². The number of halogens is 1. The first-order valence-electron chi connectivity index (χ1n) is 10.8. The maximum absolute atomic E-state index is 12.9. The van der Waals surface area contributed by atoms with Gasteiger partial charge in [-0.15, -0.1) is 0 Å². The van der Waals surface area contributed by atoms with Crippen LogP contribution >= 0.6 is 11.6 Å². The monoisotopic (exact) mass is 443 g/mol. The van der Waals surface area contributed by atoms with Crippen LogP contribution < -0.4 is 4.74 Å². The number of hydrogen-bond acceptors (Lipinski definition) is 5. The van der Waals surface area contributed by atoms with Gasteiger partial charge < -0.3 is 9.64 Å². The standard InChI is InChI=1S/C23H26ClN3O4/c1-31-18-5-4-17(24)11-16(18)12-25-6-8-26(9-7-25)19(28)13-27-22(29)20-14-2-3-15(10-14)21(20)23(27)30/h2-5,11,14-15,20-21H,6-10,12-13H2,1H3. The largest absolute Gasteiger partial charge is 0.496 e. The summed E-state index contributed by atoms with van der Waals surface area (Å²) in [5, 5.41) is 0.665. The number of benzene rings is 1. The number of fused-ring (bicyclic) bond motifs is 5. The van der Waals surface area contributed by atoms with Crippen molar-refractivity contribution < 1.29 is 19.1 Å². The average molecular weight is 444 g/mol. The van der Waals surface area contributed by atoms with Gasteiger partial charge in [-0.1, -0.05) is 23.8 Å². The van der Waals surface area contributed by atoms with Gasteiger partial charge in [0, 0.05) is 43.3 Å². The molecule has 2 aliphatic heterocycles. The molecule has 2 heterocycles. The van der Waals surface area contributed by atoms with Crippen molar-refractivity contribution in [2.75, 3.05) is 39.8 Å². The Morgan fingerprint density at radius 2 is 1.71 bits per heavy atom. The SMILES string of the molecule is COc1ccc(Cl)cc1CN1CCN(C(=O)CN2C(=O)C3C4C=CC(C4)C3C2=O)CC1. The minimum absolute atomic E-state index is 0.133. The van der Waals surface area contributed by atoms with Crippen molar-refractivity contribution in [3.63, 3.8) is 0 Å². The molecular formula is C23H26ClN3O4. The summed E-state index contributed by atoms with van der Waals surface area (Å²) < 4.78 is 5.42. The van der Waals surface area contributed by atoms with Crippen LogP contribution in [0.25, 0.3) is 0 Å². The van der Waals surface area contributed by atoms with Crippen LogP contribution in [0.5, 0.6) is 5.75 Å². The Morgan fingerprint density at radius 1 is 1.06 bits per heavy atom. The van der Waals surface area contributed by atoms with Crippen LogP contribution in [0.1, 0.15) is 12.0 Å². The number of allylic oxidation sites excluding steroid dienone is 2. The summed E-state index contributed by atoms with van der Waals surface area (Å²) in [4.78, 5) is 43.7. The molecule has 4 atom stereocenters. The van der Waals surface area contributed by atoms with Gasteiger partial charge >= 0.3 is 0 Å². The highest BCUT2D eigenvalue weighted by Gasteiger charge is 2.59. The Hall–Kier alpha value is -2.38. The predicted octanol–water partition coefficient (Wildman–Crippen LogP) is 1.80. The van der Waals surface area contributed by atoms with Gasteiger partial charge in [0.2, 0.25) is 17.7 Å². The van der Waals surface area contributed by atoms with E-state index < -0.39 is 0 Å². The number of carbonyl (C=O) groups is 3. The molecule has 2 bridgehead atoms. The number of nitrogens with zero attached hydrogens (tertiary/aromatic N) is 3. The first-order valence-corrected chi connectivity index (χ1v) is 11.2. The highest BCUT2D eigenvalue weighted by Crippen LogP contribution is 2.52. The molecule has 4 aliphatic rings. The number of rotatable bonds is 5. The molecule has 2 aliphatic carbocycles. The summed E-state index contributed by atoms with van der Waals surface area (Å²) in [7, 11) is 1.64. The molecule has 3 amide bonds. The zero-order chi connectivity index (χ0) is 21.7. The summed E-state index contributed by atoms with van der Waals surface area (Å²) in [6.45, 7) is 3.11. The van der Waals surface area contributed by atoms with Crippen LogP contribution in [0.3, 0.4) is 0 Å². The Balaban J connectivity index is 1.16. The Bertz CT molecular complexity index is 926. The normalized spacial score (nSPS) is 29.7. The van der Waals surface area contributed by atoms with E-state index in [9.17, 15) is 14.4 Å². The number of carbonyl (C=O) groups excluding carboxylic acids is 3. The zero-order valence-corrected chi connectivity index (χ0v) is 18.3. The van der Waals surface area contributed by atoms with E-state index in [0.717, 1.165) is 17.7 Å². The number of amides is 3. The van der Waals surface area contributed by atoms with Gasteiger partial charge in [-0.3, -0.25) is 24.2 Å². The van der Waals surface area contributed by atoms with Crippen molar-refractivity contribution in [3.8, 4) is 5.75 Å². The van der Waals surface area contributed by atoms with Crippen LogP contribution in [0.2, 0.25) is 5.02 Å². The predicted molar refractivity (Wildman–Crippen MR) is 114 cm³/mol. The lowest BCUT2D eigenvalue weighted by molar-refractivity contribution is -0.147. The van der Waals surface area contributed by atoms with Crippen LogP contribution in [0.15, 0.2) is 30.4 Å². The molecule has 0 spiro atoms. The average Bonchev–Trinajstić information content (AvgIpc) is 3.44. The Kier molecular flexibility index (Phi) is 5.26. The molecule has 8 heteroatoms. The van der Waals surface area contributed by atoms with Crippen molar-refractivity contribution in [3.05, 3.63) is 40.9 Å². The number of imide groups is 1. The smallest absolute Gasteiger partial charge is 0.242 e. The van der Waals surface area contributed by atoms with Gasteiger partial charge in [0.15, 0.2) is 0 Å². The molecule has 0 aromatic heterocycles. The van der Waals surface area contributed by atoms with Crippen molar-refractivity contribution in [2.45, 2.75) is 13.0 Å². The van der Waals surface area contributed by atoms with Crippen LogP contribution in [-0.2, 0) is 20.9 Å². The van der Waals surface area contributed by atoms with E-state index in [1.54, 1.807) is 18.1 Å². The van der Waals surface area contributed by atoms with E-state index in [2.05, 4.69) is 17.1 Å². The maximum atomic E-state index is 12.9. The molecule has 2 saturated heterocycles. The lowest BCUT2D eigenvalue weighted by Crippen LogP contribution is -2.51. The van der Waals surface area contributed by atoms with Gasteiger partial charge in [-0.25, -0.2) is 0 Å². The topological polar surface area (TPSA) is 70.2 Å². The minimum atomic E-state index is -0.250. The summed E-state index contributed by atoms with van der Waals surface area (Å²) >= 11 is 6.13. The third kappa shape index (κ3) is 3.53. The van der Waals surface area contributed by atoms with Gasteiger partial charge in [0.05, 0.1) is 18.9 Å². The number of likely N-dealkylation sites (tertiary alicyclic amines) is 1. The van der Waals surface area contributed by atoms with Crippen molar-refractivity contribution in [1.82, 2.24) is 14.7 Å². The first-order chi connectivity index (χ1) is 15.0. The second kappa shape index (κ2) is 7.95. The molecule has 164 valence electrons. The summed E-state index contributed by atoms with van der Waals surface area (Å²) in [6.07, 6.45) is 5.03. The number of hydrogen-bond donors (Lipinski definition) is 0. The second-order valence-electron chi connectivity index (χ2n) is 8.88. The van der Waals surface area contributed by atoms with Crippen molar-refractivity contribution in [1.29, 1.82) is 0 Å². The fraction of sp³-hybridized carbons (Fsp3) is 0.522. The number of ether oxygens (including phenoxy) is 1. The molecule has 1 saturated carbocycles. The Morgan fingerprint density at radius 3 is 2.32 bits per heavy atom. The zero-order valence-electron chi connectivity index (χ0n) is 17.5. The van der Waals surface area contributed by atoms with Gasteiger partial charge in [0.25, 0.3) is 0 Å². The summed E-state index contributed by atoms with van der Waals surface area (Å²) in [5.41, 5.74) is 1.01. The maximum Gasteiger partial charge on any atom is 0.242 e.